The maximum atomic E-state index is 12.6. The number of ether oxygens (including phenoxy) is 1. The first-order valence-electron chi connectivity index (χ1n) is 7.57. The number of rotatable bonds is 6. The molecule has 0 saturated heterocycles. The van der Waals surface area contributed by atoms with Crippen LogP contribution < -0.4 is 9.62 Å². The van der Waals surface area contributed by atoms with Crippen LogP contribution in [0, 0.1) is 0 Å². The van der Waals surface area contributed by atoms with Gasteiger partial charge in [0.1, 0.15) is 6.54 Å². The van der Waals surface area contributed by atoms with Gasteiger partial charge in [0.2, 0.25) is 15.9 Å². The van der Waals surface area contributed by atoms with Gasteiger partial charge in [-0.25, -0.2) is 13.1 Å². The van der Waals surface area contributed by atoms with Gasteiger partial charge in [0.25, 0.3) is 0 Å². The Morgan fingerprint density at radius 3 is 2.85 bits per heavy atom. The van der Waals surface area contributed by atoms with Gasteiger partial charge in [0.15, 0.2) is 0 Å². The minimum atomic E-state index is -3.75. The molecule has 0 bridgehead atoms. The molecule has 0 atom stereocenters. The van der Waals surface area contributed by atoms with Crippen molar-refractivity contribution < 1.29 is 22.7 Å². The fraction of sp³-hybridized carbons (Fsp3) is 0.250. The van der Waals surface area contributed by atoms with Crippen LogP contribution in [0.4, 0.5) is 5.69 Å². The molecule has 1 aromatic carbocycles. The molecule has 1 N–H and O–H groups in total. The second-order valence-corrected chi connectivity index (χ2v) is 9.19. The number of amides is 1. The van der Waals surface area contributed by atoms with Crippen LogP contribution in [0.5, 0.6) is 0 Å². The molecular weight excluding hydrogens is 396 g/mol. The van der Waals surface area contributed by atoms with E-state index in [1.54, 1.807) is 6.07 Å². The van der Waals surface area contributed by atoms with Crippen molar-refractivity contribution in [2.45, 2.75) is 16.3 Å². The van der Waals surface area contributed by atoms with Crippen LogP contribution >= 0.6 is 23.1 Å². The largest absolute Gasteiger partial charge is 0.468 e. The Labute approximate surface area is 159 Å². The van der Waals surface area contributed by atoms with Crippen molar-refractivity contribution in [3.8, 4) is 0 Å². The van der Waals surface area contributed by atoms with Crippen molar-refractivity contribution in [1.82, 2.24) is 4.72 Å². The summed E-state index contributed by atoms with van der Waals surface area (Å²) in [6, 6.07) is 8.25. The Morgan fingerprint density at radius 1 is 1.35 bits per heavy atom. The number of nitrogens with one attached hydrogen (secondary N) is 1. The smallest absolute Gasteiger partial charge is 0.325 e. The van der Waals surface area contributed by atoms with E-state index in [4.69, 9.17) is 0 Å². The molecule has 1 aromatic heterocycles. The molecule has 1 aliphatic rings. The number of methoxy groups -OCH3 is 1. The van der Waals surface area contributed by atoms with Crippen LogP contribution in [0.15, 0.2) is 45.5 Å². The zero-order valence-electron chi connectivity index (χ0n) is 13.8. The summed E-state index contributed by atoms with van der Waals surface area (Å²) in [5, 5.41) is 1.87. The Bertz CT molecular complexity index is 925. The fourth-order valence-corrected chi connectivity index (χ4v) is 5.06. The van der Waals surface area contributed by atoms with Crippen LogP contribution in [0.1, 0.15) is 4.88 Å². The first kappa shape index (κ1) is 18.9. The van der Waals surface area contributed by atoms with E-state index in [9.17, 15) is 18.0 Å². The first-order chi connectivity index (χ1) is 12.4. The molecule has 0 fully saturated rings. The highest BCUT2D eigenvalue weighted by Crippen LogP contribution is 2.36. The Morgan fingerprint density at radius 2 is 2.15 bits per heavy atom. The van der Waals surface area contributed by atoms with Crippen molar-refractivity contribution in [3.63, 3.8) is 0 Å². The molecule has 1 aliphatic heterocycles. The van der Waals surface area contributed by atoms with E-state index >= 15 is 0 Å². The average molecular weight is 413 g/mol. The summed E-state index contributed by atoms with van der Waals surface area (Å²) in [7, 11) is -2.51. The SMILES string of the molecule is COC(=O)CN1C(=O)CSc2ccc(S(=O)(=O)NCc3cccs3)cc21. The molecule has 2 aromatic rings. The van der Waals surface area contributed by atoms with Gasteiger partial charge in [-0.3, -0.25) is 14.5 Å². The molecule has 1 amide bonds. The van der Waals surface area contributed by atoms with Gasteiger partial charge in [-0.15, -0.1) is 23.1 Å². The van der Waals surface area contributed by atoms with E-state index in [1.807, 2.05) is 17.5 Å². The topological polar surface area (TPSA) is 92.8 Å². The minimum absolute atomic E-state index is 0.0398. The molecule has 7 nitrogen and oxygen atoms in total. The number of benzene rings is 1. The van der Waals surface area contributed by atoms with Gasteiger partial charge < -0.3 is 4.74 Å². The summed E-state index contributed by atoms with van der Waals surface area (Å²) < 4.78 is 32.3. The number of anilines is 1. The molecule has 2 heterocycles. The number of carbonyl (C=O) groups is 2. The number of sulfonamides is 1. The molecule has 138 valence electrons. The molecule has 0 saturated carbocycles. The predicted octanol–water partition coefficient (Wildman–Crippen LogP) is 1.84. The quantitative estimate of drug-likeness (QED) is 0.728. The summed E-state index contributed by atoms with van der Waals surface area (Å²) in [6.45, 7) is -0.0638. The highest BCUT2D eigenvalue weighted by molar-refractivity contribution is 8.00. The van der Waals surface area contributed by atoms with E-state index in [0.717, 1.165) is 9.77 Å². The summed E-state index contributed by atoms with van der Waals surface area (Å²) in [6.07, 6.45) is 0. The lowest BCUT2D eigenvalue weighted by molar-refractivity contribution is -0.139. The predicted molar refractivity (Wildman–Crippen MR) is 99.9 cm³/mol. The van der Waals surface area contributed by atoms with E-state index in [2.05, 4.69) is 9.46 Å². The fourth-order valence-electron chi connectivity index (χ4n) is 2.38. The standard InChI is InChI=1S/C16H16N2O5S3/c1-23-16(20)9-18-13-7-12(4-5-14(13)25-10-15(18)19)26(21,22)17-8-11-3-2-6-24-11/h2-7,17H,8-10H2,1H3. The Balaban J connectivity index is 1.88. The Hall–Kier alpha value is -1.88. The van der Waals surface area contributed by atoms with E-state index in [0.29, 0.717) is 5.69 Å². The first-order valence-corrected chi connectivity index (χ1v) is 10.9. The number of carbonyl (C=O) groups excluding carboxylic acids is 2. The number of thiophene rings is 1. The third kappa shape index (κ3) is 4.09. The second-order valence-electron chi connectivity index (χ2n) is 5.38. The van der Waals surface area contributed by atoms with Gasteiger partial charge in [-0.05, 0) is 29.6 Å². The Kier molecular flexibility index (Phi) is 5.66. The normalized spacial score (nSPS) is 14.2. The van der Waals surface area contributed by atoms with Gasteiger partial charge in [0, 0.05) is 16.3 Å². The van der Waals surface area contributed by atoms with Crippen LogP contribution in [-0.2, 0) is 30.9 Å². The van der Waals surface area contributed by atoms with E-state index in [-0.39, 0.29) is 29.6 Å². The second kappa shape index (κ2) is 7.78. The van der Waals surface area contributed by atoms with Gasteiger partial charge in [-0.1, -0.05) is 6.07 Å². The van der Waals surface area contributed by atoms with Crippen molar-refractivity contribution in [2.24, 2.45) is 0 Å². The van der Waals surface area contributed by atoms with Crippen LogP contribution in [0.3, 0.4) is 0 Å². The zero-order valence-corrected chi connectivity index (χ0v) is 16.2. The number of esters is 1. The molecule has 3 rings (SSSR count). The summed E-state index contributed by atoms with van der Waals surface area (Å²) >= 11 is 2.77. The molecular formula is C16H16N2O5S3. The monoisotopic (exact) mass is 412 g/mol. The van der Waals surface area contributed by atoms with Crippen molar-refractivity contribution in [2.75, 3.05) is 24.3 Å². The number of fused-ring (bicyclic) bond motifs is 1. The van der Waals surface area contributed by atoms with Crippen LogP contribution in [-0.4, -0.2) is 39.7 Å². The number of hydrogen-bond donors (Lipinski definition) is 1. The summed E-state index contributed by atoms with van der Waals surface area (Å²) in [5.74, 6) is -0.651. The van der Waals surface area contributed by atoms with Crippen molar-refractivity contribution in [1.29, 1.82) is 0 Å². The van der Waals surface area contributed by atoms with E-state index < -0.39 is 16.0 Å². The van der Waals surface area contributed by atoms with Crippen LogP contribution in [0.25, 0.3) is 0 Å². The highest BCUT2D eigenvalue weighted by atomic mass is 32.2. The summed E-state index contributed by atoms with van der Waals surface area (Å²) in [4.78, 5) is 26.7. The molecule has 0 unspecified atom stereocenters. The molecule has 0 radical (unpaired) electrons. The molecule has 0 spiro atoms. The van der Waals surface area contributed by atoms with Crippen molar-refractivity contribution >= 4 is 50.7 Å². The van der Waals surface area contributed by atoms with E-state index in [1.165, 1.54) is 47.2 Å². The lowest BCUT2D eigenvalue weighted by Crippen LogP contribution is -2.39. The maximum absolute atomic E-state index is 12.6. The van der Waals surface area contributed by atoms with Crippen LogP contribution in [0.2, 0.25) is 0 Å². The zero-order chi connectivity index (χ0) is 18.7. The number of hydrogen-bond acceptors (Lipinski definition) is 7. The molecule has 10 heteroatoms. The average Bonchev–Trinajstić information content (AvgIpc) is 3.15. The van der Waals surface area contributed by atoms with Gasteiger partial charge in [-0.2, -0.15) is 0 Å². The lowest BCUT2D eigenvalue weighted by Gasteiger charge is -2.28. The third-order valence-corrected chi connectivity index (χ3v) is 7.04. The summed E-state index contributed by atoms with van der Waals surface area (Å²) in [5.41, 5.74) is 0.399. The number of thioether (sulfide) groups is 1. The van der Waals surface area contributed by atoms with Crippen molar-refractivity contribution in [3.05, 3.63) is 40.6 Å². The number of nitrogens with zero attached hydrogens (tertiary/aromatic N) is 1. The highest BCUT2D eigenvalue weighted by Gasteiger charge is 2.28. The minimum Gasteiger partial charge on any atom is -0.468 e. The maximum Gasteiger partial charge on any atom is 0.325 e. The molecule has 0 aliphatic carbocycles. The van der Waals surface area contributed by atoms with Gasteiger partial charge >= 0.3 is 5.97 Å². The lowest BCUT2D eigenvalue weighted by atomic mass is 10.2. The molecule has 26 heavy (non-hydrogen) atoms. The van der Waals surface area contributed by atoms with Gasteiger partial charge in [0.05, 0.1) is 23.4 Å². The third-order valence-electron chi connectivity index (χ3n) is 3.72.